The molecule has 0 bridgehead atoms. The first kappa shape index (κ1) is 14.3. The molecule has 2 heteroatoms. The Morgan fingerprint density at radius 3 is 2.10 bits per heavy atom. The Morgan fingerprint density at radius 1 is 1.00 bits per heavy atom. The van der Waals surface area contributed by atoms with E-state index in [-0.39, 0.29) is 6.04 Å². The van der Waals surface area contributed by atoms with E-state index in [9.17, 15) is 0 Å². The summed E-state index contributed by atoms with van der Waals surface area (Å²) in [7, 11) is 0. The lowest BCUT2D eigenvalue weighted by molar-refractivity contribution is 0.186. The van der Waals surface area contributed by atoms with Gasteiger partial charge in [-0.05, 0) is 35.6 Å². The lowest BCUT2D eigenvalue weighted by atomic mass is 9.98. The maximum absolute atomic E-state index is 6.50. The molecule has 2 aromatic rings. The van der Waals surface area contributed by atoms with Crippen LogP contribution in [-0.4, -0.2) is 10.9 Å². The minimum Gasteiger partial charge on any atom is -0.323 e. The Labute approximate surface area is 127 Å². The maximum Gasteiger partial charge on any atom is 0.0450 e. The maximum atomic E-state index is 6.50. The molecule has 2 aromatic carbocycles. The highest BCUT2D eigenvalue weighted by molar-refractivity contribution is 5.31. The second kappa shape index (κ2) is 6.00. The highest BCUT2D eigenvalue weighted by Crippen LogP contribution is 2.28. The highest BCUT2D eigenvalue weighted by atomic mass is 15.2. The van der Waals surface area contributed by atoms with Gasteiger partial charge in [0, 0.05) is 25.2 Å². The third-order valence-electron chi connectivity index (χ3n) is 4.73. The summed E-state index contributed by atoms with van der Waals surface area (Å²) in [5, 5.41) is 0. The van der Waals surface area contributed by atoms with Crippen molar-refractivity contribution in [2.75, 3.05) is 0 Å². The normalized spacial score (nSPS) is 17.5. The summed E-state index contributed by atoms with van der Waals surface area (Å²) in [5.41, 5.74) is 12.0. The predicted octanol–water partition coefficient (Wildman–Crippen LogP) is 3.65. The van der Waals surface area contributed by atoms with E-state index in [4.69, 9.17) is 5.73 Å². The smallest absolute Gasteiger partial charge is 0.0450 e. The average Bonchev–Trinajstić information content (AvgIpc) is 2.97. The molecule has 2 N–H and O–H groups in total. The topological polar surface area (TPSA) is 29.3 Å². The summed E-state index contributed by atoms with van der Waals surface area (Å²) < 4.78 is 0. The fraction of sp³-hybridized carbons (Fsp3) is 0.368. The molecule has 0 saturated carbocycles. The van der Waals surface area contributed by atoms with Crippen LogP contribution >= 0.6 is 0 Å². The first-order valence-corrected chi connectivity index (χ1v) is 7.84. The third kappa shape index (κ3) is 2.87. The molecule has 1 heterocycles. The summed E-state index contributed by atoms with van der Waals surface area (Å²) in [4.78, 5) is 2.48. The fourth-order valence-electron chi connectivity index (χ4n) is 3.13. The lowest BCUT2D eigenvalue weighted by Crippen LogP contribution is -2.37. The van der Waals surface area contributed by atoms with E-state index in [1.807, 2.05) is 0 Å². The number of fused-ring (bicyclic) bond motifs is 1. The van der Waals surface area contributed by atoms with Crippen molar-refractivity contribution in [3.05, 3.63) is 70.8 Å². The van der Waals surface area contributed by atoms with E-state index in [0.717, 1.165) is 19.5 Å². The number of benzene rings is 2. The van der Waals surface area contributed by atoms with Gasteiger partial charge in [0.1, 0.15) is 0 Å². The quantitative estimate of drug-likeness (QED) is 0.926. The molecule has 0 aromatic heterocycles. The molecule has 2 unspecified atom stereocenters. The first-order valence-electron chi connectivity index (χ1n) is 7.84. The molecule has 110 valence electrons. The van der Waals surface area contributed by atoms with Crippen LogP contribution < -0.4 is 5.73 Å². The van der Waals surface area contributed by atoms with E-state index in [2.05, 4.69) is 67.3 Å². The van der Waals surface area contributed by atoms with E-state index < -0.39 is 0 Å². The van der Waals surface area contributed by atoms with Crippen molar-refractivity contribution in [2.24, 2.45) is 5.73 Å². The molecule has 2 atom stereocenters. The second-order valence-electron chi connectivity index (χ2n) is 6.04. The van der Waals surface area contributed by atoms with Crippen molar-refractivity contribution in [1.29, 1.82) is 0 Å². The van der Waals surface area contributed by atoms with Crippen molar-refractivity contribution in [3.8, 4) is 0 Å². The number of hydrogen-bond acceptors (Lipinski definition) is 2. The van der Waals surface area contributed by atoms with Crippen LogP contribution in [0.5, 0.6) is 0 Å². The molecule has 21 heavy (non-hydrogen) atoms. The Kier molecular flexibility index (Phi) is 4.09. The van der Waals surface area contributed by atoms with Gasteiger partial charge in [-0.25, -0.2) is 0 Å². The van der Waals surface area contributed by atoms with Gasteiger partial charge in [0.05, 0.1) is 0 Å². The van der Waals surface area contributed by atoms with Crippen LogP contribution in [0.25, 0.3) is 0 Å². The molecule has 0 amide bonds. The third-order valence-corrected chi connectivity index (χ3v) is 4.73. The van der Waals surface area contributed by atoms with Crippen molar-refractivity contribution in [2.45, 2.75) is 45.4 Å². The van der Waals surface area contributed by atoms with Crippen molar-refractivity contribution in [1.82, 2.24) is 4.90 Å². The molecule has 0 aliphatic carbocycles. The number of nitrogens with two attached hydrogens (primary N) is 1. The van der Waals surface area contributed by atoms with Crippen molar-refractivity contribution >= 4 is 0 Å². The standard InChI is InChI=1S/C19H24N2/c1-3-15-8-10-16(11-9-15)19(20)14(2)21-12-17-6-4-5-7-18(17)13-21/h4-11,14,19H,3,12-13,20H2,1-2H3. The summed E-state index contributed by atoms with van der Waals surface area (Å²) in [6, 6.07) is 17.9. The zero-order valence-electron chi connectivity index (χ0n) is 12.9. The Hall–Kier alpha value is -1.64. The van der Waals surface area contributed by atoms with Crippen molar-refractivity contribution < 1.29 is 0 Å². The van der Waals surface area contributed by atoms with E-state index in [0.29, 0.717) is 6.04 Å². The Balaban J connectivity index is 1.72. The van der Waals surface area contributed by atoms with Crippen LogP contribution in [0.3, 0.4) is 0 Å². The molecule has 0 spiro atoms. The van der Waals surface area contributed by atoms with Gasteiger partial charge in [0.15, 0.2) is 0 Å². The molecular weight excluding hydrogens is 256 g/mol. The van der Waals surface area contributed by atoms with E-state index in [1.54, 1.807) is 0 Å². The van der Waals surface area contributed by atoms with Crippen LogP contribution in [0, 0.1) is 0 Å². The van der Waals surface area contributed by atoms with Gasteiger partial charge in [0.25, 0.3) is 0 Å². The van der Waals surface area contributed by atoms with Crippen molar-refractivity contribution in [3.63, 3.8) is 0 Å². The SMILES string of the molecule is CCc1ccc(C(N)C(C)N2Cc3ccccc3C2)cc1. The number of aryl methyl sites for hydroxylation is 1. The Morgan fingerprint density at radius 2 is 1.57 bits per heavy atom. The van der Waals surface area contributed by atoms with Gasteiger partial charge in [-0.15, -0.1) is 0 Å². The van der Waals surface area contributed by atoms with Gasteiger partial charge >= 0.3 is 0 Å². The highest BCUT2D eigenvalue weighted by Gasteiger charge is 2.27. The fourth-order valence-corrected chi connectivity index (χ4v) is 3.13. The minimum atomic E-state index is 0.0604. The molecule has 0 saturated heterocycles. The first-order chi connectivity index (χ1) is 10.2. The number of nitrogens with zero attached hydrogens (tertiary/aromatic N) is 1. The molecule has 3 rings (SSSR count). The van der Waals surface area contributed by atoms with Gasteiger partial charge in [-0.1, -0.05) is 55.5 Å². The zero-order valence-corrected chi connectivity index (χ0v) is 12.9. The summed E-state index contributed by atoms with van der Waals surface area (Å²) in [6.45, 7) is 6.44. The average molecular weight is 280 g/mol. The van der Waals surface area contributed by atoms with Crippen LogP contribution in [0.4, 0.5) is 0 Å². The largest absolute Gasteiger partial charge is 0.323 e. The van der Waals surface area contributed by atoms with E-state index in [1.165, 1.54) is 22.3 Å². The van der Waals surface area contributed by atoms with Crippen LogP contribution in [-0.2, 0) is 19.5 Å². The van der Waals surface area contributed by atoms with Crippen LogP contribution in [0.2, 0.25) is 0 Å². The number of hydrogen-bond donors (Lipinski definition) is 1. The monoisotopic (exact) mass is 280 g/mol. The summed E-state index contributed by atoms with van der Waals surface area (Å²) in [6.07, 6.45) is 1.08. The number of rotatable bonds is 4. The molecule has 2 nitrogen and oxygen atoms in total. The van der Waals surface area contributed by atoms with Crippen LogP contribution in [0.15, 0.2) is 48.5 Å². The molecule has 0 radical (unpaired) electrons. The summed E-state index contributed by atoms with van der Waals surface area (Å²) in [5.74, 6) is 0. The van der Waals surface area contributed by atoms with Crippen LogP contribution in [0.1, 0.15) is 42.1 Å². The Bertz CT molecular complexity index is 578. The van der Waals surface area contributed by atoms with Gasteiger partial charge in [0.2, 0.25) is 0 Å². The molecule has 1 aliphatic heterocycles. The lowest BCUT2D eigenvalue weighted by Gasteiger charge is -2.29. The van der Waals surface area contributed by atoms with E-state index >= 15 is 0 Å². The predicted molar refractivity (Wildman–Crippen MR) is 87.9 cm³/mol. The molecule has 1 aliphatic rings. The van der Waals surface area contributed by atoms with Gasteiger partial charge in [-0.2, -0.15) is 0 Å². The molecule has 0 fully saturated rings. The minimum absolute atomic E-state index is 0.0604. The second-order valence-corrected chi connectivity index (χ2v) is 6.04. The zero-order chi connectivity index (χ0) is 14.8. The van der Waals surface area contributed by atoms with Gasteiger partial charge < -0.3 is 5.73 Å². The van der Waals surface area contributed by atoms with Gasteiger partial charge in [-0.3, -0.25) is 4.90 Å². The summed E-state index contributed by atoms with van der Waals surface area (Å²) >= 11 is 0. The molecular formula is C19H24N2.